The Kier molecular flexibility index (Phi) is 5.57. The Morgan fingerprint density at radius 1 is 1.24 bits per heavy atom. The second kappa shape index (κ2) is 7.88. The van der Waals surface area contributed by atoms with E-state index in [4.69, 9.17) is 16.3 Å². The van der Waals surface area contributed by atoms with E-state index in [0.717, 1.165) is 5.56 Å². The largest absolute Gasteiger partial charge is 0.449 e. The van der Waals surface area contributed by atoms with Crippen molar-refractivity contribution in [2.45, 2.75) is 0 Å². The van der Waals surface area contributed by atoms with E-state index in [0.29, 0.717) is 10.6 Å². The Balaban J connectivity index is 1.83. The van der Waals surface area contributed by atoms with Crippen molar-refractivity contribution in [3.63, 3.8) is 0 Å². The highest BCUT2D eigenvalue weighted by Crippen LogP contribution is 2.12. The summed E-state index contributed by atoms with van der Waals surface area (Å²) in [7, 11) is 0. The van der Waals surface area contributed by atoms with E-state index in [9.17, 15) is 4.79 Å². The molecule has 0 aliphatic rings. The second-order valence-electron chi connectivity index (χ2n) is 4.00. The number of benzene rings is 1. The average molecular weight is 298 g/mol. The number of aromatic nitrogens is 1. The number of hydrogen-bond acceptors (Lipinski definition) is 3. The molecule has 0 aliphatic heterocycles. The summed E-state index contributed by atoms with van der Waals surface area (Å²) in [4.78, 5) is 15.4. The van der Waals surface area contributed by atoms with Gasteiger partial charge in [-0.05, 0) is 35.9 Å². The normalized spacial score (nSPS) is 9.95. The molecule has 0 N–H and O–H groups in total. The van der Waals surface area contributed by atoms with E-state index in [1.54, 1.807) is 42.7 Å². The smallest absolute Gasteiger partial charge is 0.331 e. The molecule has 0 fully saturated rings. The lowest BCUT2D eigenvalue weighted by atomic mass is 10.2. The third-order valence-corrected chi connectivity index (χ3v) is 2.83. The van der Waals surface area contributed by atoms with Crippen molar-refractivity contribution in [2.75, 3.05) is 6.61 Å². The highest BCUT2D eigenvalue weighted by molar-refractivity contribution is 6.31. The van der Waals surface area contributed by atoms with Crippen LogP contribution in [0.3, 0.4) is 0 Å². The summed E-state index contributed by atoms with van der Waals surface area (Å²) in [5, 5.41) is 0.578. The fraction of sp³-hybridized carbons (Fsp3) is 0.0588. The lowest BCUT2D eigenvalue weighted by molar-refractivity contribution is -0.136. The molecule has 0 aliphatic carbocycles. The predicted octanol–water partition coefficient (Wildman–Crippen LogP) is 3.34. The first-order valence-corrected chi connectivity index (χ1v) is 6.62. The molecule has 0 saturated carbocycles. The SMILES string of the molecule is O=C(/C=C/c1ccncc1)OCC#Cc1ccccc1Cl. The van der Waals surface area contributed by atoms with Gasteiger partial charge in [-0.15, -0.1) is 0 Å². The molecule has 0 spiro atoms. The van der Waals surface area contributed by atoms with Gasteiger partial charge in [0.1, 0.15) is 0 Å². The number of nitrogens with zero attached hydrogens (tertiary/aromatic N) is 1. The third-order valence-electron chi connectivity index (χ3n) is 2.50. The summed E-state index contributed by atoms with van der Waals surface area (Å²) in [6, 6.07) is 10.8. The van der Waals surface area contributed by atoms with Gasteiger partial charge in [-0.25, -0.2) is 4.79 Å². The Morgan fingerprint density at radius 2 is 2.00 bits per heavy atom. The Labute approximate surface area is 128 Å². The van der Waals surface area contributed by atoms with Crippen LogP contribution in [0.25, 0.3) is 6.08 Å². The van der Waals surface area contributed by atoms with Crippen LogP contribution >= 0.6 is 11.6 Å². The molecule has 0 bridgehead atoms. The maximum atomic E-state index is 11.5. The van der Waals surface area contributed by atoms with Crippen LogP contribution in [-0.4, -0.2) is 17.6 Å². The fourth-order valence-electron chi connectivity index (χ4n) is 1.49. The lowest BCUT2D eigenvalue weighted by Crippen LogP contribution is -2.00. The van der Waals surface area contributed by atoms with E-state index in [2.05, 4.69) is 16.8 Å². The number of rotatable bonds is 3. The van der Waals surface area contributed by atoms with E-state index >= 15 is 0 Å². The van der Waals surface area contributed by atoms with Crippen LogP contribution in [-0.2, 0) is 9.53 Å². The minimum Gasteiger partial charge on any atom is -0.449 e. The van der Waals surface area contributed by atoms with Gasteiger partial charge in [-0.3, -0.25) is 4.98 Å². The van der Waals surface area contributed by atoms with Gasteiger partial charge in [0.05, 0.1) is 5.02 Å². The quantitative estimate of drug-likeness (QED) is 0.495. The molecule has 0 atom stereocenters. The minimum absolute atomic E-state index is 0.0186. The number of carbonyl (C=O) groups excluding carboxylic acids is 1. The van der Waals surface area contributed by atoms with Crippen LogP contribution in [0, 0.1) is 11.8 Å². The van der Waals surface area contributed by atoms with Crippen LogP contribution in [0.2, 0.25) is 5.02 Å². The number of pyridine rings is 1. The second-order valence-corrected chi connectivity index (χ2v) is 4.41. The molecule has 0 radical (unpaired) electrons. The van der Waals surface area contributed by atoms with Gasteiger partial charge in [0.25, 0.3) is 0 Å². The first kappa shape index (κ1) is 14.8. The average Bonchev–Trinajstić information content (AvgIpc) is 2.52. The fourth-order valence-corrected chi connectivity index (χ4v) is 1.67. The molecule has 1 aromatic heterocycles. The molecule has 4 heteroatoms. The van der Waals surface area contributed by atoms with Gasteiger partial charge >= 0.3 is 5.97 Å². The predicted molar refractivity (Wildman–Crippen MR) is 82.6 cm³/mol. The monoisotopic (exact) mass is 297 g/mol. The molecule has 3 nitrogen and oxygen atoms in total. The van der Waals surface area contributed by atoms with Crippen molar-refractivity contribution in [3.8, 4) is 11.8 Å². The summed E-state index contributed by atoms with van der Waals surface area (Å²) in [6.07, 6.45) is 6.32. The van der Waals surface area contributed by atoms with Gasteiger partial charge in [-0.2, -0.15) is 0 Å². The zero-order chi connectivity index (χ0) is 14.9. The van der Waals surface area contributed by atoms with E-state index < -0.39 is 5.97 Å². The summed E-state index contributed by atoms with van der Waals surface area (Å²) in [6.45, 7) is 0.0186. The molecule has 21 heavy (non-hydrogen) atoms. The molecule has 2 aromatic rings. The molecule has 0 amide bonds. The van der Waals surface area contributed by atoms with Crippen molar-refractivity contribution < 1.29 is 9.53 Å². The van der Waals surface area contributed by atoms with Crippen LogP contribution in [0.5, 0.6) is 0 Å². The maximum Gasteiger partial charge on any atom is 0.331 e. The van der Waals surface area contributed by atoms with Crippen molar-refractivity contribution in [1.82, 2.24) is 4.98 Å². The topological polar surface area (TPSA) is 39.2 Å². The molecule has 1 heterocycles. The third kappa shape index (κ3) is 5.13. The summed E-state index contributed by atoms with van der Waals surface area (Å²) >= 11 is 5.96. The molecule has 2 rings (SSSR count). The van der Waals surface area contributed by atoms with Crippen molar-refractivity contribution >= 4 is 23.6 Å². The first-order chi connectivity index (χ1) is 10.3. The van der Waals surface area contributed by atoms with Crippen molar-refractivity contribution in [2.24, 2.45) is 0 Å². The van der Waals surface area contributed by atoms with E-state index in [-0.39, 0.29) is 6.61 Å². The Bertz CT molecular complexity index is 699. The van der Waals surface area contributed by atoms with Gasteiger partial charge in [0, 0.05) is 24.0 Å². The van der Waals surface area contributed by atoms with Crippen LogP contribution < -0.4 is 0 Å². The number of carbonyl (C=O) groups is 1. The van der Waals surface area contributed by atoms with E-state index in [1.165, 1.54) is 6.08 Å². The zero-order valence-corrected chi connectivity index (χ0v) is 11.9. The molecular formula is C17H12ClNO2. The first-order valence-electron chi connectivity index (χ1n) is 6.24. The van der Waals surface area contributed by atoms with Crippen molar-refractivity contribution in [1.29, 1.82) is 0 Å². The van der Waals surface area contributed by atoms with Crippen LogP contribution in [0.15, 0.2) is 54.9 Å². The molecule has 104 valence electrons. The number of esters is 1. The van der Waals surface area contributed by atoms with Gasteiger partial charge < -0.3 is 4.74 Å². The van der Waals surface area contributed by atoms with Gasteiger partial charge in [0.2, 0.25) is 0 Å². The van der Waals surface area contributed by atoms with Crippen LogP contribution in [0.1, 0.15) is 11.1 Å². The summed E-state index contributed by atoms with van der Waals surface area (Å²) in [5.74, 6) is 5.16. The zero-order valence-electron chi connectivity index (χ0n) is 11.1. The highest BCUT2D eigenvalue weighted by Gasteiger charge is 1.95. The maximum absolute atomic E-state index is 11.5. The minimum atomic E-state index is -0.444. The number of halogens is 1. The standard InChI is InChI=1S/C17H12ClNO2/c18-16-6-2-1-4-15(16)5-3-13-21-17(20)8-7-14-9-11-19-12-10-14/h1-2,4,6-12H,13H2/b8-7+. The Hall–Kier alpha value is -2.57. The van der Waals surface area contributed by atoms with Crippen molar-refractivity contribution in [3.05, 3.63) is 71.0 Å². The number of hydrogen-bond donors (Lipinski definition) is 0. The molecule has 1 aromatic carbocycles. The van der Waals surface area contributed by atoms with E-state index in [1.807, 2.05) is 12.1 Å². The summed E-state index contributed by atoms with van der Waals surface area (Å²) in [5.41, 5.74) is 1.59. The summed E-state index contributed by atoms with van der Waals surface area (Å²) < 4.78 is 4.97. The molecular weight excluding hydrogens is 286 g/mol. The van der Waals surface area contributed by atoms with Gasteiger partial charge in [-0.1, -0.05) is 35.6 Å². The van der Waals surface area contributed by atoms with Crippen LogP contribution in [0.4, 0.5) is 0 Å². The highest BCUT2D eigenvalue weighted by atomic mass is 35.5. The van der Waals surface area contributed by atoms with Gasteiger partial charge in [0.15, 0.2) is 6.61 Å². The Morgan fingerprint density at radius 3 is 2.76 bits per heavy atom. The molecule has 0 saturated heterocycles. The number of ether oxygens (including phenoxy) is 1. The molecule has 0 unspecified atom stereocenters. The lowest BCUT2D eigenvalue weighted by Gasteiger charge is -1.95.